The van der Waals surface area contributed by atoms with Gasteiger partial charge < -0.3 is 9.47 Å². The number of hydrogen-bond acceptors (Lipinski definition) is 4. The van der Waals surface area contributed by atoms with E-state index in [1.807, 2.05) is 42.5 Å². The van der Waals surface area contributed by atoms with Crippen LogP contribution in [0.25, 0.3) is 11.1 Å². The van der Waals surface area contributed by atoms with Crippen LogP contribution in [0, 0.1) is 0 Å². The van der Waals surface area contributed by atoms with Crippen LogP contribution in [0.15, 0.2) is 61.2 Å². The van der Waals surface area contributed by atoms with Crippen molar-refractivity contribution in [3.8, 4) is 22.6 Å². The smallest absolute Gasteiger partial charge is 0.264 e. The van der Waals surface area contributed by atoms with E-state index in [1.54, 1.807) is 0 Å². The molecule has 0 bridgehead atoms. The summed E-state index contributed by atoms with van der Waals surface area (Å²) in [6.07, 6.45) is 11.6. The molecule has 0 unspecified atom stereocenters. The van der Waals surface area contributed by atoms with E-state index in [9.17, 15) is 8.42 Å². The predicted molar refractivity (Wildman–Crippen MR) is 136 cm³/mol. The SMILES string of the molecule is C=CCCCCCCOc1cccc(OCCCCCCCS(=O)(=O)O)c1-c1ccccc1. The third-order valence-electron chi connectivity index (χ3n) is 5.41. The van der Waals surface area contributed by atoms with E-state index >= 15 is 0 Å². The molecular formula is C27H38O5S. The molecular weight excluding hydrogens is 436 g/mol. The highest BCUT2D eigenvalue weighted by molar-refractivity contribution is 7.85. The Morgan fingerprint density at radius 2 is 1.27 bits per heavy atom. The van der Waals surface area contributed by atoms with Gasteiger partial charge in [-0.3, -0.25) is 4.55 Å². The molecule has 33 heavy (non-hydrogen) atoms. The number of hydrogen-bond donors (Lipinski definition) is 1. The molecule has 2 aromatic rings. The van der Waals surface area contributed by atoms with Gasteiger partial charge in [0.05, 0.1) is 24.5 Å². The first-order valence-corrected chi connectivity index (χ1v) is 13.6. The van der Waals surface area contributed by atoms with Crippen molar-refractivity contribution in [1.29, 1.82) is 0 Å². The van der Waals surface area contributed by atoms with Gasteiger partial charge in [0.2, 0.25) is 0 Å². The van der Waals surface area contributed by atoms with Crippen molar-refractivity contribution in [2.75, 3.05) is 19.0 Å². The maximum absolute atomic E-state index is 10.8. The highest BCUT2D eigenvalue weighted by atomic mass is 32.2. The van der Waals surface area contributed by atoms with Crippen LogP contribution in [0.1, 0.15) is 64.2 Å². The second-order valence-corrected chi connectivity index (χ2v) is 9.81. The van der Waals surface area contributed by atoms with E-state index in [4.69, 9.17) is 14.0 Å². The lowest BCUT2D eigenvalue weighted by atomic mass is 10.0. The van der Waals surface area contributed by atoms with E-state index in [0.29, 0.717) is 19.6 Å². The van der Waals surface area contributed by atoms with Gasteiger partial charge in [-0.1, -0.05) is 74.6 Å². The summed E-state index contributed by atoms with van der Waals surface area (Å²) in [6, 6.07) is 16.1. The normalized spacial score (nSPS) is 11.3. The first-order chi connectivity index (χ1) is 16.0. The number of allylic oxidation sites excluding steroid dienone is 1. The third kappa shape index (κ3) is 11.4. The van der Waals surface area contributed by atoms with Crippen molar-refractivity contribution >= 4 is 10.1 Å². The average molecular weight is 475 g/mol. The van der Waals surface area contributed by atoms with E-state index in [0.717, 1.165) is 67.6 Å². The second kappa shape index (κ2) is 15.5. The molecule has 0 aliphatic heterocycles. The Morgan fingerprint density at radius 3 is 1.85 bits per heavy atom. The highest BCUT2D eigenvalue weighted by Crippen LogP contribution is 2.38. The first-order valence-electron chi connectivity index (χ1n) is 12.0. The average Bonchev–Trinajstić information content (AvgIpc) is 2.80. The Kier molecular flexibility index (Phi) is 12.7. The Balaban J connectivity index is 1.87. The molecule has 0 aliphatic rings. The summed E-state index contributed by atoms with van der Waals surface area (Å²) in [6.45, 7) is 5.04. The van der Waals surface area contributed by atoms with Crippen LogP contribution in [-0.4, -0.2) is 31.9 Å². The molecule has 0 aliphatic carbocycles. The van der Waals surface area contributed by atoms with Crippen LogP contribution in [0.3, 0.4) is 0 Å². The van der Waals surface area contributed by atoms with Gasteiger partial charge in [-0.25, -0.2) is 0 Å². The number of rotatable bonds is 18. The molecule has 0 saturated heterocycles. The molecule has 0 saturated carbocycles. The van der Waals surface area contributed by atoms with Crippen LogP contribution in [0.5, 0.6) is 11.5 Å². The molecule has 0 heterocycles. The summed E-state index contributed by atoms with van der Waals surface area (Å²) in [4.78, 5) is 0. The second-order valence-electron chi connectivity index (χ2n) is 8.24. The zero-order chi connectivity index (χ0) is 23.8. The van der Waals surface area contributed by atoms with Crippen molar-refractivity contribution in [3.63, 3.8) is 0 Å². The van der Waals surface area contributed by atoms with Crippen molar-refractivity contribution in [1.82, 2.24) is 0 Å². The van der Waals surface area contributed by atoms with Gasteiger partial charge >= 0.3 is 0 Å². The van der Waals surface area contributed by atoms with Crippen LogP contribution in [0.4, 0.5) is 0 Å². The van der Waals surface area contributed by atoms with Crippen LogP contribution < -0.4 is 9.47 Å². The molecule has 2 rings (SSSR count). The summed E-state index contributed by atoms with van der Waals surface area (Å²) in [5.74, 6) is 1.50. The minimum Gasteiger partial charge on any atom is -0.493 e. The zero-order valence-electron chi connectivity index (χ0n) is 19.6. The maximum Gasteiger partial charge on any atom is 0.264 e. The van der Waals surface area contributed by atoms with Gasteiger partial charge in [0.25, 0.3) is 10.1 Å². The minimum absolute atomic E-state index is 0.161. The van der Waals surface area contributed by atoms with E-state index < -0.39 is 10.1 Å². The largest absolute Gasteiger partial charge is 0.493 e. The van der Waals surface area contributed by atoms with Crippen LogP contribution in [-0.2, 0) is 10.1 Å². The van der Waals surface area contributed by atoms with E-state index in [1.165, 1.54) is 12.8 Å². The number of unbranched alkanes of at least 4 members (excludes halogenated alkanes) is 8. The molecule has 0 amide bonds. The fourth-order valence-electron chi connectivity index (χ4n) is 3.67. The molecule has 0 atom stereocenters. The lowest BCUT2D eigenvalue weighted by Gasteiger charge is -2.17. The standard InChI is InChI=1S/C27H38O5S/c1-2-3-4-5-7-13-21-31-25-19-16-20-26(27(25)24-17-11-10-12-18-24)32-22-14-8-6-9-15-23-33(28,29)30/h2,10-12,16-20H,1,3-9,13-15,21-23H2,(H,28,29,30). The number of ether oxygens (including phenoxy) is 2. The lowest BCUT2D eigenvalue weighted by molar-refractivity contribution is 0.292. The van der Waals surface area contributed by atoms with Gasteiger partial charge in [0, 0.05) is 0 Å². The first kappa shape index (κ1) is 26.9. The zero-order valence-corrected chi connectivity index (χ0v) is 20.4. The predicted octanol–water partition coefficient (Wildman–Crippen LogP) is 7.09. The lowest BCUT2D eigenvalue weighted by Crippen LogP contribution is -2.04. The fourth-order valence-corrected chi connectivity index (χ4v) is 4.24. The Morgan fingerprint density at radius 1 is 0.727 bits per heavy atom. The Labute approximate surface area is 199 Å². The topological polar surface area (TPSA) is 72.8 Å². The molecule has 5 nitrogen and oxygen atoms in total. The van der Waals surface area contributed by atoms with Gasteiger partial charge in [0.15, 0.2) is 0 Å². The summed E-state index contributed by atoms with van der Waals surface area (Å²) in [7, 11) is -3.85. The molecule has 182 valence electrons. The summed E-state index contributed by atoms with van der Waals surface area (Å²) in [5, 5.41) is 0. The van der Waals surface area contributed by atoms with Crippen LogP contribution >= 0.6 is 0 Å². The van der Waals surface area contributed by atoms with Crippen molar-refractivity contribution in [3.05, 3.63) is 61.2 Å². The minimum atomic E-state index is -3.85. The monoisotopic (exact) mass is 474 g/mol. The molecule has 0 fully saturated rings. The Bertz CT molecular complexity index is 909. The molecule has 1 N–H and O–H groups in total. The summed E-state index contributed by atoms with van der Waals surface area (Å²) < 4.78 is 42.6. The van der Waals surface area contributed by atoms with E-state index in [-0.39, 0.29) is 5.75 Å². The quantitative estimate of drug-likeness (QED) is 0.142. The van der Waals surface area contributed by atoms with E-state index in [2.05, 4.69) is 18.7 Å². The third-order valence-corrected chi connectivity index (χ3v) is 6.22. The van der Waals surface area contributed by atoms with Gasteiger partial charge in [0.1, 0.15) is 11.5 Å². The van der Waals surface area contributed by atoms with Crippen molar-refractivity contribution in [2.45, 2.75) is 64.2 Å². The van der Waals surface area contributed by atoms with Gasteiger partial charge in [-0.05, 0) is 49.8 Å². The highest BCUT2D eigenvalue weighted by Gasteiger charge is 2.13. The van der Waals surface area contributed by atoms with Gasteiger partial charge in [-0.15, -0.1) is 6.58 Å². The molecule has 6 heteroatoms. The molecule has 0 radical (unpaired) electrons. The summed E-state index contributed by atoms with van der Waals surface area (Å²) >= 11 is 0. The van der Waals surface area contributed by atoms with Crippen molar-refractivity contribution in [2.24, 2.45) is 0 Å². The molecule has 2 aromatic carbocycles. The molecule has 0 spiro atoms. The molecule has 0 aromatic heterocycles. The van der Waals surface area contributed by atoms with Gasteiger partial charge in [-0.2, -0.15) is 8.42 Å². The fraction of sp³-hybridized carbons (Fsp3) is 0.481. The van der Waals surface area contributed by atoms with Crippen LogP contribution in [0.2, 0.25) is 0 Å². The number of benzene rings is 2. The Hall–Kier alpha value is -2.31. The summed E-state index contributed by atoms with van der Waals surface area (Å²) in [5.41, 5.74) is 2.05. The van der Waals surface area contributed by atoms with Crippen molar-refractivity contribution < 1.29 is 22.4 Å². The maximum atomic E-state index is 10.8.